The van der Waals surface area contributed by atoms with Crippen LogP contribution in [0.15, 0.2) is 17.6 Å². The van der Waals surface area contributed by atoms with E-state index in [1.165, 1.54) is 24.6 Å². The average molecular weight is 367 g/mol. The number of anilines is 2. The number of ether oxygens (including phenoxy) is 1. The molecule has 3 rings (SSSR count). The van der Waals surface area contributed by atoms with E-state index in [9.17, 15) is 9.59 Å². The number of nitrogens with zero attached hydrogens (tertiary/aromatic N) is 3. The van der Waals surface area contributed by atoms with Gasteiger partial charge in [-0.15, -0.1) is 11.3 Å². The molecule has 1 saturated heterocycles. The summed E-state index contributed by atoms with van der Waals surface area (Å²) in [5, 5.41) is 4.51. The summed E-state index contributed by atoms with van der Waals surface area (Å²) in [6, 6.07) is 1.63. The Labute approximate surface area is 147 Å². The first-order valence-corrected chi connectivity index (χ1v) is 8.60. The summed E-state index contributed by atoms with van der Waals surface area (Å²) in [7, 11) is 1.29. The molecule has 1 fully saturated rings. The van der Waals surface area contributed by atoms with Crippen molar-refractivity contribution in [2.75, 3.05) is 30.4 Å². The second-order valence-corrected chi connectivity index (χ2v) is 6.49. The van der Waals surface area contributed by atoms with Crippen LogP contribution in [-0.2, 0) is 4.74 Å². The minimum absolute atomic E-state index is 0.0792. The molecule has 1 N–H and O–H groups in total. The van der Waals surface area contributed by atoms with E-state index in [0.717, 1.165) is 25.9 Å². The number of amides is 1. The van der Waals surface area contributed by atoms with Crippen molar-refractivity contribution in [3.8, 4) is 0 Å². The SMILES string of the molecule is COC(=O)c1sccc1NC(=O)c1nc(N2CCCC2)ncc1Cl. The highest BCUT2D eigenvalue weighted by molar-refractivity contribution is 7.12. The van der Waals surface area contributed by atoms with Crippen molar-refractivity contribution in [3.05, 3.63) is 33.2 Å². The standard InChI is InChI=1S/C15H15ClN4O3S/c1-23-14(22)12-10(4-7-24-12)18-13(21)11-9(16)8-17-15(19-11)20-5-2-3-6-20/h4,7-8H,2-3,5-6H2,1H3,(H,18,21). The molecule has 0 aromatic carbocycles. The lowest BCUT2D eigenvalue weighted by Crippen LogP contribution is -2.23. The largest absolute Gasteiger partial charge is 0.465 e. The zero-order valence-corrected chi connectivity index (χ0v) is 14.5. The minimum atomic E-state index is -0.508. The highest BCUT2D eigenvalue weighted by atomic mass is 35.5. The van der Waals surface area contributed by atoms with Crippen LogP contribution >= 0.6 is 22.9 Å². The Balaban J connectivity index is 1.83. The Kier molecular flexibility index (Phi) is 4.96. The van der Waals surface area contributed by atoms with E-state index in [0.29, 0.717) is 16.5 Å². The fourth-order valence-electron chi connectivity index (χ4n) is 2.43. The molecule has 0 atom stereocenters. The molecule has 0 unspecified atom stereocenters. The van der Waals surface area contributed by atoms with Crippen LogP contribution in [0.1, 0.15) is 33.0 Å². The van der Waals surface area contributed by atoms with E-state index in [4.69, 9.17) is 16.3 Å². The Morgan fingerprint density at radius 1 is 1.38 bits per heavy atom. The Hall–Kier alpha value is -2.19. The molecule has 1 aliphatic rings. The van der Waals surface area contributed by atoms with Gasteiger partial charge >= 0.3 is 5.97 Å². The van der Waals surface area contributed by atoms with Crippen LogP contribution in [0.25, 0.3) is 0 Å². The predicted molar refractivity (Wildman–Crippen MR) is 92.1 cm³/mol. The summed E-state index contributed by atoms with van der Waals surface area (Å²) in [5.74, 6) is -0.515. The first kappa shape index (κ1) is 16.7. The monoisotopic (exact) mass is 366 g/mol. The number of methoxy groups -OCH3 is 1. The van der Waals surface area contributed by atoms with Crippen molar-refractivity contribution in [2.45, 2.75) is 12.8 Å². The van der Waals surface area contributed by atoms with Crippen molar-refractivity contribution in [2.24, 2.45) is 0 Å². The summed E-state index contributed by atoms with van der Waals surface area (Å²) in [4.78, 5) is 35.0. The van der Waals surface area contributed by atoms with Crippen LogP contribution in [0, 0.1) is 0 Å². The highest BCUT2D eigenvalue weighted by Gasteiger charge is 2.22. The number of aromatic nitrogens is 2. The summed E-state index contributed by atoms with van der Waals surface area (Å²) in [6.07, 6.45) is 3.57. The van der Waals surface area contributed by atoms with E-state index >= 15 is 0 Å². The molecular weight excluding hydrogens is 352 g/mol. The maximum absolute atomic E-state index is 12.5. The molecule has 2 aromatic rings. The predicted octanol–water partition coefficient (Wildman–Crippen LogP) is 2.83. The fraction of sp³-hybridized carbons (Fsp3) is 0.333. The van der Waals surface area contributed by atoms with Crippen molar-refractivity contribution in [1.29, 1.82) is 0 Å². The zero-order valence-electron chi connectivity index (χ0n) is 12.9. The highest BCUT2D eigenvalue weighted by Crippen LogP contribution is 2.25. The molecule has 0 spiro atoms. The van der Waals surface area contributed by atoms with E-state index in [1.54, 1.807) is 11.4 Å². The number of thiophene rings is 1. The average Bonchev–Trinajstić information content (AvgIpc) is 3.26. The molecule has 0 saturated carbocycles. The van der Waals surface area contributed by atoms with Gasteiger partial charge in [-0.05, 0) is 24.3 Å². The number of halogens is 1. The van der Waals surface area contributed by atoms with Gasteiger partial charge in [0.15, 0.2) is 5.69 Å². The van der Waals surface area contributed by atoms with E-state index in [2.05, 4.69) is 15.3 Å². The summed E-state index contributed by atoms with van der Waals surface area (Å²) in [6.45, 7) is 1.72. The quantitative estimate of drug-likeness (QED) is 0.837. The Morgan fingerprint density at radius 2 is 2.12 bits per heavy atom. The molecule has 0 bridgehead atoms. The topological polar surface area (TPSA) is 84.4 Å². The van der Waals surface area contributed by atoms with Gasteiger partial charge in [0.1, 0.15) is 4.88 Å². The third-order valence-corrected chi connectivity index (χ3v) is 4.79. The lowest BCUT2D eigenvalue weighted by molar-refractivity contribution is 0.0607. The number of nitrogens with one attached hydrogen (secondary N) is 1. The van der Waals surface area contributed by atoms with Gasteiger partial charge in [-0.25, -0.2) is 14.8 Å². The first-order chi connectivity index (χ1) is 11.6. The molecule has 24 heavy (non-hydrogen) atoms. The zero-order chi connectivity index (χ0) is 17.1. The molecule has 9 heteroatoms. The van der Waals surface area contributed by atoms with Gasteiger partial charge in [-0.2, -0.15) is 0 Å². The van der Waals surface area contributed by atoms with Crippen molar-refractivity contribution < 1.29 is 14.3 Å². The molecule has 0 radical (unpaired) electrons. The third-order valence-electron chi connectivity index (χ3n) is 3.62. The first-order valence-electron chi connectivity index (χ1n) is 7.35. The van der Waals surface area contributed by atoms with Crippen LogP contribution < -0.4 is 10.2 Å². The number of hydrogen-bond donors (Lipinski definition) is 1. The van der Waals surface area contributed by atoms with Gasteiger partial charge in [-0.3, -0.25) is 4.79 Å². The van der Waals surface area contributed by atoms with Crippen molar-refractivity contribution >= 4 is 46.4 Å². The third kappa shape index (κ3) is 3.34. The second kappa shape index (κ2) is 7.14. The molecule has 3 heterocycles. The number of esters is 1. The summed E-state index contributed by atoms with van der Waals surface area (Å²) < 4.78 is 4.69. The maximum atomic E-state index is 12.5. The summed E-state index contributed by atoms with van der Waals surface area (Å²) in [5.41, 5.74) is 0.449. The molecule has 1 aliphatic heterocycles. The van der Waals surface area contributed by atoms with Crippen molar-refractivity contribution in [1.82, 2.24) is 9.97 Å². The lowest BCUT2D eigenvalue weighted by atomic mass is 10.3. The van der Waals surface area contributed by atoms with Crippen LogP contribution in [0.2, 0.25) is 5.02 Å². The van der Waals surface area contributed by atoms with Gasteiger partial charge in [0, 0.05) is 13.1 Å². The number of rotatable bonds is 4. The molecule has 2 aromatic heterocycles. The van der Waals surface area contributed by atoms with E-state index in [-0.39, 0.29) is 10.7 Å². The van der Waals surface area contributed by atoms with Crippen LogP contribution in [0.5, 0.6) is 0 Å². The second-order valence-electron chi connectivity index (χ2n) is 5.17. The molecule has 0 aliphatic carbocycles. The minimum Gasteiger partial charge on any atom is -0.465 e. The maximum Gasteiger partial charge on any atom is 0.350 e. The Bertz CT molecular complexity index is 774. The number of carbonyl (C=O) groups excluding carboxylic acids is 2. The van der Waals surface area contributed by atoms with Crippen molar-refractivity contribution in [3.63, 3.8) is 0 Å². The lowest BCUT2D eigenvalue weighted by Gasteiger charge is -2.16. The van der Waals surface area contributed by atoms with Gasteiger partial charge < -0.3 is 15.0 Å². The summed E-state index contributed by atoms with van der Waals surface area (Å²) >= 11 is 7.26. The smallest absolute Gasteiger partial charge is 0.350 e. The van der Waals surface area contributed by atoms with Crippen LogP contribution in [0.3, 0.4) is 0 Å². The van der Waals surface area contributed by atoms with Crippen LogP contribution in [0.4, 0.5) is 11.6 Å². The number of hydrogen-bond acceptors (Lipinski definition) is 7. The van der Waals surface area contributed by atoms with Gasteiger partial charge in [-0.1, -0.05) is 11.6 Å². The van der Waals surface area contributed by atoms with Gasteiger partial charge in [0.25, 0.3) is 5.91 Å². The van der Waals surface area contributed by atoms with E-state index in [1.807, 2.05) is 4.90 Å². The Morgan fingerprint density at radius 3 is 2.83 bits per heavy atom. The normalized spacial score (nSPS) is 13.8. The number of carbonyl (C=O) groups is 2. The fourth-order valence-corrected chi connectivity index (χ4v) is 3.37. The molecule has 126 valence electrons. The van der Waals surface area contributed by atoms with Gasteiger partial charge in [0.05, 0.1) is 24.0 Å². The molecular formula is C15H15ClN4O3S. The van der Waals surface area contributed by atoms with Crippen LogP contribution in [-0.4, -0.2) is 42.0 Å². The van der Waals surface area contributed by atoms with Gasteiger partial charge in [0.2, 0.25) is 5.95 Å². The molecule has 1 amide bonds. The van der Waals surface area contributed by atoms with E-state index < -0.39 is 11.9 Å². The molecule has 7 nitrogen and oxygen atoms in total.